The van der Waals surface area contributed by atoms with Crippen molar-refractivity contribution in [1.29, 1.82) is 0 Å². The van der Waals surface area contributed by atoms with Gasteiger partial charge in [0.15, 0.2) is 0 Å². The van der Waals surface area contributed by atoms with E-state index in [0.717, 1.165) is 10.6 Å². The molecule has 2 amide bonds. The summed E-state index contributed by atoms with van der Waals surface area (Å²) in [4.78, 5) is 28.2. The molecule has 1 N–H and O–H groups in total. The first-order valence-corrected chi connectivity index (χ1v) is 10.3. The highest BCUT2D eigenvalue weighted by molar-refractivity contribution is 8.00. The lowest BCUT2D eigenvalue weighted by Gasteiger charge is -2.33. The summed E-state index contributed by atoms with van der Waals surface area (Å²) in [7, 11) is 0. The number of piperidine rings is 1. The molecule has 0 radical (unpaired) electrons. The summed E-state index contributed by atoms with van der Waals surface area (Å²) in [5, 5.41) is 2.85. The van der Waals surface area contributed by atoms with Gasteiger partial charge in [0, 0.05) is 29.6 Å². The number of hydrogen-bond donors (Lipinski definition) is 1. The largest absolute Gasteiger partial charge is 0.342 e. The van der Waals surface area contributed by atoms with E-state index in [1.54, 1.807) is 11.8 Å². The van der Waals surface area contributed by atoms with E-state index in [-0.39, 0.29) is 23.0 Å². The number of hydrogen-bond acceptors (Lipinski definition) is 3. The van der Waals surface area contributed by atoms with Crippen LogP contribution in [-0.2, 0) is 9.59 Å². The average molecular weight is 383 g/mol. The van der Waals surface area contributed by atoms with Gasteiger partial charge < -0.3 is 10.2 Å². The molecule has 0 bridgehead atoms. The zero-order valence-corrected chi connectivity index (χ0v) is 16.7. The highest BCUT2D eigenvalue weighted by Crippen LogP contribution is 2.27. The lowest BCUT2D eigenvalue weighted by molar-refractivity contribution is -0.133. The van der Waals surface area contributed by atoms with Crippen molar-refractivity contribution in [2.45, 2.75) is 36.8 Å². The number of rotatable bonds is 5. The number of nitrogens with one attached hydrogen (secondary N) is 1. The van der Waals surface area contributed by atoms with Crippen LogP contribution in [0.2, 0.25) is 0 Å². The smallest absolute Gasteiger partial charge is 0.235 e. The minimum absolute atomic E-state index is 0.0330. The first-order valence-electron chi connectivity index (χ1n) is 9.41. The number of carbonyl (C=O) groups excluding carboxylic acids is 2. The predicted octanol–water partition coefficient (Wildman–Crippen LogP) is 4.35. The summed E-state index contributed by atoms with van der Waals surface area (Å²) in [6, 6.07) is 17.8. The Kier molecular flexibility index (Phi) is 6.56. The standard InChI is InChI=1S/C22H26N2O2S/c1-16-8-10-20(11-9-16)27-17(2)22(26)24-14-12-18(13-15-24)21(25)23-19-6-4-3-5-7-19/h3-11,17-18H,12-15H2,1-2H3,(H,23,25)/t17-/m1/s1. The highest BCUT2D eigenvalue weighted by Gasteiger charge is 2.29. The first kappa shape index (κ1) is 19.5. The van der Waals surface area contributed by atoms with Crippen LogP contribution in [-0.4, -0.2) is 35.1 Å². The Morgan fingerprint density at radius 2 is 1.67 bits per heavy atom. The van der Waals surface area contributed by atoms with Gasteiger partial charge in [-0.25, -0.2) is 0 Å². The third-order valence-electron chi connectivity index (χ3n) is 4.90. The fourth-order valence-corrected chi connectivity index (χ4v) is 4.21. The second kappa shape index (κ2) is 9.09. The fourth-order valence-electron chi connectivity index (χ4n) is 3.26. The number of nitrogens with zero attached hydrogens (tertiary/aromatic N) is 1. The minimum atomic E-state index is -0.123. The zero-order chi connectivity index (χ0) is 19.2. The molecule has 1 fully saturated rings. The number of likely N-dealkylation sites (tertiary alicyclic amines) is 1. The van der Waals surface area contributed by atoms with Gasteiger partial charge in [-0.2, -0.15) is 0 Å². The van der Waals surface area contributed by atoms with Crippen molar-refractivity contribution >= 4 is 29.3 Å². The SMILES string of the molecule is Cc1ccc(S[C@H](C)C(=O)N2CCC(C(=O)Nc3ccccc3)CC2)cc1. The zero-order valence-electron chi connectivity index (χ0n) is 15.9. The van der Waals surface area contributed by atoms with E-state index in [4.69, 9.17) is 0 Å². The quantitative estimate of drug-likeness (QED) is 0.782. The van der Waals surface area contributed by atoms with Crippen LogP contribution < -0.4 is 5.32 Å². The highest BCUT2D eigenvalue weighted by atomic mass is 32.2. The van der Waals surface area contributed by atoms with E-state index in [0.29, 0.717) is 25.9 Å². The number of benzene rings is 2. The maximum Gasteiger partial charge on any atom is 0.235 e. The number of anilines is 1. The van der Waals surface area contributed by atoms with Crippen LogP contribution in [0, 0.1) is 12.8 Å². The molecule has 27 heavy (non-hydrogen) atoms. The molecular weight excluding hydrogens is 356 g/mol. The fraction of sp³-hybridized carbons (Fsp3) is 0.364. The summed E-state index contributed by atoms with van der Waals surface area (Å²) >= 11 is 1.59. The number of thioether (sulfide) groups is 1. The predicted molar refractivity (Wildman–Crippen MR) is 111 cm³/mol. The van der Waals surface area contributed by atoms with Gasteiger partial charge in [-0.15, -0.1) is 11.8 Å². The number of aryl methyl sites for hydroxylation is 1. The Bertz CT molecular complexity index is 769. The molecule has 0 unspecified atom stereocenters. The molecule has 0 aliphatic carbocycles. The Balaban J connectivity index is 1.48. The summed E-state index contributed by atoms with van der Waals surface area (Å²) in [6.45, 7) is 5.30. The molecular formula is C22H26N2O2S. The molecule has 0 spiro atoms. The van der Waals surface area contributed by atoms with Crippen molar-refractivity contribution in [3.8, 4) is 0 Å². The third kappa shape index (κ3) is 5.36. The first-order chi connectivity index (χ1) is 13.0. The Labute approximate surface area is 165 Å². The topological polar surface area (TPSA) is 49.4 Å². The number of para-hydroxylation sites is 1. The van der Waals surface area contributed by atoms with Crippen LogP contribution in [0.15, 0.2) is 59.5 Å². The minimum Gasteiger partial charge on any atom is -0.342 e. The normalized spacial score (nSPS) is 16.0. The van der Waals surface area contributed by atoms with E-state index >= 15 is 0 Å². The van der Waals surface area contributed by atoms with E-state index in [1.165, 1.54) is 5.56 Å². The summed E-state index contributed by atoms with van der Waals surface area (Å²) < 4.78 is 0. The van der Waals surface area contributed by atoms with E-state index in [1.807, 2.05) is 42.2 Å². The van der Waals surface area contributed by atoms with Crippen LogP contribution in [0.3, 0.4) is 0 Å². The van der Waals surface area contributed by atoms with Crippen molar-refractivity contribution in [3.63, 3.8) is 0 Å². The number of amides is 2. The van der Waals surface area contributed by atoms with Crippen LogP contribution in [0.5, 0.6) is 0 Å². The molecule has 0 aromatic heterocycles. The molecule has 142 valence electrons. The Morgan fingerprint density at radius 1 is 1.04 bits per heavy atom. The van der Waals surface area contributed by atoms with Crippen molar-refractivity contribution in [1.82, 2.24) is 4.90 Å². The molecule has 1 aliphatic rings. The van der Waals surface area contributed by atoms with Gasteiger partial charge >= 0.3 is 0 Å². The Hall–Kier alpha value is -2.27. The second-order valence-corrected chi connectivity index (χ2v) is 8.44. The summed E-state index contributed by atoms with van der Waals surface area (Å²) in [6.07, 6.45) is 1.43. The molecule has 1 saturated heterocycles. The van der Waals surface area contributed by atoms with Gasteiger partial charge in [0.1, 0.15) is 0 Å². The molecule has 1 atom stereocenters. The van der Waals surface area contributed by atoms with E-state index in [9.17, 15) is 9.59 Å². The summed E-state index contributed by atoms with van der Waals surface area (Å²) in [5.41, 5.74) is 2.04. The second-order valence-electron chi connectivity index (χ2n) is 7.03. The molecule has 3 rings (SSSR count). The lowest BCUT2D eigenvalue weighted by atomic mass is 9.95. The third-order valence-corrected chi connectivity index (χ3v) is 6.00. The van der Waals surface area contributed by atoms with Gasteiger partial charge in [0.05, 0.1) is 5.25 Å². The monoisotopic (exact) mass is 382 g/mol. The van der Waals surface area contributed by atoms with Crippen molar-refractivity contribution in [3.05, 3.63) is 60.2 Å². The van der Waals surface area contributed by atoms with Gasteiger partial charge in [0.25, 0.3) is 0 Å². The maximum absolute atomic E-state index is 12.7. The lowest BCUT2D eigenvalue weighted by Crippen LogP contribution is -2.44. The van der Waals surface area contributed by atoms with Gasteiger partial charge in [0.2, 0.25) is 11.8 Å². The Morgan fingerprint density at radius 3 is 2.30 bits per heavy atom. The maximum atomic E-state index is 12.7. The molecule has 2 aromatic rings. The van der Waals surface area contributed by atoms with Gasteiger partial charge in [-0.05, 0) is 51.0 Å². The van der Waals surface area contributed by atoms with Gasteiger partial charge in [-0.1, -0.05) is 35.9 Å². The molecule has 0 saturated carbocycles. The molecule has 5 heteroatoms. The van der Waals surface area contributed by atoms with Crippen LogP contribution in [0.1, 0.15) is 25.3 Å². The van der Waals surface area contributed by atoms with Crippen LogP contribution in [0.4, 0.5) is 5.69 Å². The van der Waals surface area contributed by atoms with Crippen LogP contribution in [0.25, 0.3) is 0 Å². The average Bonchev–Trinajstić information content (AvgIpc) is 2.70. The molecule has 1 heterocycles. The van der Waals surface area contributed by atoms with Crippen molar-refractivity contribution in [2.24, 2.45) is 5.92 Å². The van der Waals surface area contributed by atoms with Crippen molar-refractivity contribution < 1.29 is 9.59 Å². The molecule has 2 aromatic carbocycles. The molecule has 4 nitrogen and oxygen atoms in total. The van der Waals surface area contributed by atoms with E-state index < -0.39 is 0 Å². The van der Waals surface area contributed by atoms with Crippen LogP contribution >= 0.6 is 11.8 Å². The van der Waals surface area contributed by atoms with Crippen molar-refractivity contribution in [2.75, 3.05) is 18.4 Å². The summed E-state index contributed by atoms with van der Waals surface area (Å²) in [5.74, 6) is 0.173. The van der Waals surface area contributed by atoms with E-state index in [2.05, 4.69) is 36.5 Å². The molecule has 1 aliphatic heterocycles. The van der Waals surface area contributed by atoms with Gasteiger partial charge in [-0.3, -0.25) is 9.59 Å². The number of carbonyl (C=O) groups is 2.